The number of amides is 1. The Labute approximate surface area is 361 Å². The Kier molecular flexibility index (Phi) is 45.1. The zero-order chi connectivity index (χ0) is 42.4. The summed E-state index contributed by atoms with van der Waals surface area (Å²) in [5.74, 6) is -0.474. The molecule has 1 amide bonds. The molecule has 0 saturated heterocycles. The van der Waals surface area contributed by atoms with Crippen molar-refractivity contribution in [3.8, 4) is 0 Å². The molecule has 0 heterocycles. The smallest absolute Gasteiger partial charge is 0.306 e. The second kappa shape index (κ2) is 46.4. The zero-order valence-electron chi connectivity index (χ0n) is 38.9. The van der Waals surface area contributed by atoms with Gasteiger partial charge >= 0.3 is 5.97 Å². The number of esters is 1. The fourth-order valence-electron chi connectivity index (χ4n) is 7.89. The van der Waals surface area contributed by atoms with Gasteiger partial charge in [-0.25, -0.2) is 0 Å². The lowest BCUT2D eigenvalue weighted by molar-refractivity contribution is -0.151. The van der Waals surface area contributed by atoms with E-state index in [2.05, 4.69) is 50.4 Å². The molecule has 0 aliphatic heterocycles. The third-order valence-corrected chi connectivity index (χ3v) is 11.8. The van der Waals surface area contributed by atoms with Gasteiger partial charge in [0.05, 0.1) is 25.2 Å². The number of nitrogens with one attached hydrogen (secondary N) is 1. The first kappa shape index (κ1) is 56.3. The summed E-state index contributed by atoms with van der Waals surface area (Å²) >= 11 is 0. The average Bonchev–Trinajstić information content (AvgIpc) is 3.22. The summed E-state index contributed by atoms with van der Waals surface area (Å²) in [6, 6.07) is -0.698. The van der Waals surface area contributed by atoms with E-state index in [1.54, 1.807) is 0 Å². The normalized spacial score (nSPS) is 13.4. The van der Waals surface area contributed by atoms with Crippen molar-refractivity contribution < 1.29 is 24.5 Å². The molecule has 0 bridgehead atoms. The molecular formula is C52H99NO5. The van der Waals surface area contributed by atoms with E-state index in [1.165, 1.54) is 173 Å². The Morgan fingerprint density at radius 1 is 0.500 bits per heavy atom. The number of hydrogen-bond acceptors (Lipinski definition) is 5. The second-order valence-corrected chi connectivity index (χ2v) is 17.6. The van der Waals surface area contributed by atoms with Crippen molar-refractivity contribution in [2.75, 3.05) is 6.61 Å². The molecule has 0 aromatic carbocycles. The summed E-state index contributed by atoms with van der Waals surface area (Å²) in [6.45, 7) is 6.46. The first-order chi connectivity index (χ1) is 28.5. The van der Waals surface area contributed by atoms with Crippen LogP contribution in [0.15, 0.2) is 24.3 Å². The lowest BCUT2D eigenvalue weighted by Crippen LogP contribution is -2.46. The lowest BCUT2D eigenvalue weighted by Gasteiger charge is -2.24. The van der Waals surface area contributed by atoms with Crippen LogP contribution in [0.25, 0.3) is 0 Å². The van der Waals surface area contributed by atoms with Crippen LogP contribution in [0.4, 0.5) is 0 Å². The molecule has 58 heavy (non-hydrogen) atoms. The van der Waals surface area contributed by atoms with Gasteiger partial charge in [-0.15, -0.1) is 0 Å². The van der Waals surface area contributed by atoms with E-state index in [9.17, 15) is 19.8 Å². The van der Waals surface area contributed by atoms with Crippen molar-refractivity contribution in [3.63, 3.8) is 0 Å². The van der Waals surface area contributed by atoms with Crippen molar-refractivity contribution in [3.05, 3.63) is 24.3 Å². The quantitative estimate of drug-likeness (QED) is 0.0323. The maximum absolute atomic E-state index is 13.2. The molecule has 0 fully saturated rings. The Morgan fingerprint density at radius 2 is 0.862 bits per heavy atom. The van der Waals surface area contributed by atoms with E-state index in [0.717, 1.165) is 51.4 Å². The molecule has 342 valence electrons. The van der Waals surface area contributed by atoms with Gasteiger partial charge < -0.3 is 20.3 Å². The highest BCUT2D eigenvalue weighted by molar-refractivity contribution is 5.77. The van der Waals surface area contributed by atoms with Crippen LogP contribution in [0.3, 0.4) is 0 Å². The molecule has 3 N–H and O–H groups in total. The summed E-state index contributed by atoms with van der Waals surface area (Å²) in [5.41, 5.74) is 0. The molecule has 0 saturated carbocycles. The summed E-state index contributed by atoms with van der Waals surface area (Å²) < 4.78 is 5.93. The van der Waals surface area contributed by atoms with Crippen molar-refractivity contribution in [1.82, 2.24) is 5.32 Å². The average molecular weight is 818 g/mol. The van der Waals surface area contributed by atoms with Crippen LogP contribution in [0, 0.1) is 0 Å². The molecule has 6 nitrogen and oxygen atoms in total. The zero-order valence-corrected chi connectivity index (χ0v) is 38.9. The molecule has 0 radical (unpaired) electrons. The van der Waals surface area contributed by atoms with Crippen molar-refractivity contribution in [1.29, 1.82) is 0 Å². The van der Waals surface area contributed by atoms with E-state index in [0.29, 0.717) is 19.3 Å². The van der Waals surface area contributed by atoms with Gasteiger partial charge in [0.1, 0.15) is 6.10 Å². The Morgan fingerprint density at radius 3 is 1.31 bits per heavy atom. The fourth-order valence-corrected chi connectivity index (χ4v) is 7.89. The molecule has 0 aromatic rings. The number of aliphatic hydroxyl groups excluding tert-OH is 2. The van der Waals surface area contributed by atoms with E-state index in [1.807, 2.05) is 0 Å². The minimum atomic E-state index is -0.784. The largest absolute Gasteiger partial charge is 0.462 e. The molecule has 0 rings (SSSR count). The van der Waals surface area contributed by atoms with Crippen LogP contribution in [0.1, 0.15) is 271 Å². The lowest BCUT2D eigenvalue weighted by atomic mass is 10.0. The first-order valence-electron chi connectivity index (χ1n) is 25.6. The third-order valence-electron chi connectivity index (χ3n) is 11.8. The van der Waals surface area contributed by atoms with Crippen LogP contribution >= 0.6 is 0 Å². The molecule has 3 atom stereocenters. The highest BCUT2D eigenvalue weighted by Crippen LogP contribution is 2.18. The van der Waals surface area contributed by atoms with Crippen LogP contribution in [0.2, 0.25) is 0 Å². The number of allylic oxidation sites excluding steroid dienone is 4. The number of hydrogen-bond donors (Lipinski definition) is 3. The van der Waals surface area contributed by atoms with Crippen molar-refractivity contribution in [2.45, 2.75) is 289 Å². The van der Waals surface area contributed by atoms with Crippen molar-refractivity contribution >= 4 is 11.9 Å². The highest BCUT2D eigenvalue weighted by Gasteiger charge is 2.24. The van der Waals surface area contributed by atoms with Crippen LogP contribution in [0.5, 0.6) is 0 Å². The second-order valence-electron chi connectivity index (χ2n) is 17.6. The van der Waals surface area contributed by atoms with Crippen LogP contribution in [-0.2, 0) is 14.3 Å². The SMILES string of the molecule is CCCCC/C=C/C=C/CCCCCCCCC(=O)OC(CCCCCCCCCCCCCC)CC(=O)NC(CO)C(O)CCCCCCCCCCCCCC. The van der Waals surface area contributed by atoms with Gasteiger partial charge in [0, 0.05) is 6.42 Å². The summed E-state index contributed by atoms with van der Waals surface area (Å²) in [6.07, 6.45) is 52.3. The van der Waals surface area contributed by atoms with E-state index in [4.69, 9.17) is 4.74 Å². The predicted octanol–water partition coefficient (Wildman–Crippen LogP) is 15.1. The van der Waals surface area contributed by atoms with Gasteiger partial charge in [-0.05, 0) is 51.4 Å². The predicted molar refractivity (Wildman–Crippen MR) is 250 cm³/mol. The Bertz CT molecular complexity index is 919. The molecule has 0 aliphatic carbocycles. The maximum Gasteiger partial charge on any atom is 0.306 e. The van der Waals surface area contributed by atoms with Crippen molar-refractivity contribution in [2.24, 2.45) is 0 Å². The summed E-state index contributed by atoms with van der Waals surface area (Å²) in [5, 5.41) is 23.7. The van der Waals surface area contributed by atoms with Gasteiger partial charge in [0.15, 0.2) is 0 Å². The number of rotatable bonds is 46. The van der Waals surface area contributed by atoms with Gasteiger partial charge in [-0.3, -0.25) is 9.59 Å². The third kappa shape index (κ3) is 41.1. The van der Waals surface area contributed by atoms with Gasteiger partial charge in [-0.2, -0.15) is 0 Å². The number of carbonyl (C=O) groups excluding carboxylic acids is 2. The fraction of sp³-hybridized carbons (Fsp3) is 0.885. The van der Waals surface area contributed by atoms with Gasteiger partial charge in [0.2, 0.25) is 5.91 Å². The van der Waals surface area contributed by atoms with Gasteiger partial charge in [0.25, 0.3) is 0 Å². The van der Waals surface area contributed by atoms with Gasteiger partial charge in [-0.1, -0.05) is 231 Å². The summed E-state index contributed by atoms with van der Waals surface area (Å²) in [7, 11) is 0. The number of ether oxygens (including phenoxy) is 1. The van der Waals surface area contributed by atoms with E-state index in [-0.39, 0.29) is 24.9 Å². The topological polar surface area (TPSA) is 95.9 Å². The van der Waals surface area contributed by atoms with Crippen LogP contribution in [-0.4, -0.2) is 46.9 Å². The Hall–Kier alpha value is -1.66. The Balaban J connectivity index is 4.55. The molecule has 0 aromatic heterocycles. The minimum absolute atomic E-state index is 0.0781. The highest BCUT2D eigenvalue weighted by atomic mass is 16.5. The standard InChI is InChI=1S/C52H99NO5/c1-4-7-10-13-16-19-22-25-26-27-30-33-36-39-42-45-52(57)58-48(43-40-37-34-31-28-23-20-17-14-11-8-5-2)46-51(56)53-49(47-54)50(55)44-41-38-35-32-29-24-21-18-15-12-9-6-3/h16,19,22,25,48-50,54-55H,4-15,17-18,20-21,23-24,26-47H2,1-3H3,(H,53,56)/b19-16+,25-22+. The first-order valence-corrected chi connectivity index (χ1v) is 25.6. The maximum atomic E-state index is 13.2. The van der Waals surface area contributed by atoms with E-state index >= 15 is 0 Å². The molecule has 3 unspecified atom stereocenters. The molecule has 0 aliphatic rings. The number of unbranched alkanes of at least 4 members (excludes halogenated alkanes) is 31. The number of aliphatic hydroxyl groups is 2. The minimum Gasteiger partial charge on any atom is -0.462 e. The summed E-state index contributed by atoms with van der Waals surface area (Å²) in [4.78, 5) is 26.1. The number of carbonyl (C=O) groups is 2. The molecular weight excluding hydrogens is 719 g/mol. The van der Waals surface area contributed by atoms with Crippen LogP contribution < -0.4 is 5.32 Å². The molecule has 0 spiro atoms. The van der Waals surface area contributed by atoms with E-state index < -0.39 is 18.2 Å². The molecule has 6 heteroatoms. The monoisotopic (exact) mass is 818 g/mol.